The summed E-state index contributed by atoms with van der Waals surface area (Å²) < 4.78 is 0. The maximum atomic E-state index is 11.7. The number of rotatable bonds is 2. The summed E-state index contributed by atoms with van der Waals surface area (Å²) in [7, 11) is 6.57. The molecule has 86 valence electrons. The largest absolute Gasteiger partial charge is 0.299 e. The van der Waals surface area contributed by atoms with Crippen molar-refractivity contribution in [2.75, 3.05) is 0 Å². The zero-order chi connectivity index (χ0) is 11.7. The van der Waals surface area contributed by atoms with Crippen molar-refractivity contribution in [2.45, 2.75) is 19.8 Å². The molecule has 0 bridgehead atoms. The van der Waals surface area contributed by atoms with Gasteiger partial charge in [-0.3, -0.25) is 4.79 Å². The van der Waals surface area contributed by atoms with Gasteiger partial charge in [0.2, 0.25) is 0 Å². The highest BCUT2D eigenvalue weighted by Crippen LogP contribution is 2.65. The van der Waals surface area contributed by atoms with Crippen molar-refractivity contribution in [2.24, 2.45) is 5.92 Å². The summed E-state index contributed by atoms with van der Waals surface area (Å²) in [4.78, 5) is 11.7. The van der Waals surface area contributed by atoms with Gasteiger partial charge in [0.1, 0.15) is 5.78 Å². The minimum absolute atomic E-state index is 0.125. The topological polar surface area (TPSA) is 17.1 Å². The first-order chi connectivity index (χ1) is 7.63. The zero-order valence-electron chi connectivity index (χ0n) is 9.23. The Morgan fingerprint density at radius 2 is 2.25 bits per heavy atom. The molecule has 0 N–H and O–H groups in total. The molecule has 0 radical (unpaired) electrons. The van der Waals surface area contributed by atoms with Crippen LogP contribution < -0.4 is 5.30 Å². The second-order valence-corrected chi connectivity index (χ2v) is 13.3. The Hall–Kier alpha value is 0.610. The summed E-state index contributed by atoms with van der Waals surface area (Å²) in [5.41, 5.74) is 2.71. The summed E-state index contributed by atoms with van der Waals surface area (Å²) in [5, 5.41) is 1.48. The number of Topliss-reactive ketones (excluding diaryl/α,β-unsaturated/α-hetero) is 1. The van der Waals surface area contributed by atoms with Gasteiger partial charge in [0.15, 0.2) is 0 Å². The van der Waals surface area contributed by atoms with E-state index in [1.165, 1.54) is 16.4 Å². The Morgan fingerprint density at radius 1 is 1.50 bits per heavy atom. The monoisotopic (exact) mass is 288 g/mol. The van der Waals surface area contributed by atoms with E-state index in [0.717, 1.165) is 14.4 Å². The Morgan fingerprint density at radius 3 is 2.94 bits per heavy atom. The molecule has 2 rings (SSSR count). The molecule has 1 aromatic rings. The number of fused-ring (bicyclic) bond motifs is 1. The number of ketones is 1. The smallest absolute Gasteiger partial charge is 0.140 e. The van der Waals surface area contributed by atoms with E-state index in [1.54, 1.807) is 0 Å². The van der Waals surface area contributed by atoms with Crippen LogP contribution in [0.4, 0.5) is 0 Å². The number of carbonyl (C=O) groups is 1. The lowest BCUT2D eigenvalue weighted by Gasteiger charge is -2.25. The molecule has 0 fully saturated rings. The molecule has 1 aliphatic carbocycles. The summed E-state index contributed by atoms with van der Waals surface area (Å²) in [6, 6.07) is 6.45. The number of benzene rings is 1. The predicted molar refractivity (Wildman–Crippen MR) is 82.3 cm³/mol. The van der Waals surface area contributed by atoms with Gasteiger partial charge in [0.05, 0.1) is 0 Å². The normalized spacial score (nSPS) is 22.4. The quantitative estimate of drug-likeness (QED) is 0.763. The van der Waals surface area contributed by atoms with Gasteiger partial charge in [-0.05, 0) is 30.2 Å². The van der Waals surface area contributed by atoms with Crippen LogP contribution in [-0.2, 0) is 17.6 Å². The van der Waals surface area contributed by atoms with Crippen LogP contribution in [0.5, 0.6) is 0 Å². The zero-order valence-corrected chi connectivity index (χ0v) is 13.4. The molecule has 16 heavy (non-hydrogen) atoms. The average Bonchev–Trinajstić information content (AvgIpc) is 2.29. The third-order valence-corrected chi connectivity index (χ3v) is 13.2. The van der Waals surface area contributed by atoms with E-state index in [1.807, 2.05) is 0 Å². The third kappa shape index (κ3) is 2.54. The fourth-order valence-corrected chi connectivity index (χ4v) is 6.03. The molecule has 5 atom stereocenters. The molecule has 0 saturated heterocycles. The molecular formula is C11H16OP4. The lowest BCUT2D eigenvalue weighted by Crippen LogP contribution is -2.26. The van der Waals surface area contributed by atoms with Crippen LogP contribution in [0, 0.1) is 5.92 Å². The second kappa shape index (κ2) is 5.50. The van der Waals surface area contributed by atoms with Crippen molar-refractivity contribution in [1.82, 2.24) is 0 Å². The molecule has 0 aliphatic heterocycles. The molecule has 5 unspecified atom stereocenters. The van der Waals surface area contributed by atoms with Crippen LogP contribution in [0.1, 0.15) is 18.1 Å². The van der Waals surface area contributed by atoms with Gasteiger partial charge < -0.3 is 0 Å². The Balaban J connectivity index is 2.44. The maximum Gasteiger partial charge on any atom is 0.140 e. The molecular weight excluding hydrogens is 272 g/mol. The van der Waals surface area contributed by atoms with Gasteiger partial charge >= 0.3 is 0 Å². The second-order valence-electron chi connectivity index (χ2n) is 4.16. The first kappa shape index (κ1) is 13.1. The Bertz CT molecular complexity index is 418. The number of carbonyl (C=O) groups excluding carboxylic acids is 1. The molecule has 1 aliphatic rings. The summed E-state index contributed by atoms with van der Waals surface area (Å²) in [6.07, 6.45) is 1.57. The van der Waals surface area contributed by atoms with Crippen molar-refractivity contribution in [3.8, 4) is 0 Å². The van der Waals surface area contributed by atoms with Crippen LogP contribution >= 0.6 is 33.1 Å². The average molecular weight is 288 g/mol. The van der Waals surface area contributed by atoms with Crippen molar-refractivity contribution in [3.05, 3.63) is 29.3 Å². The Kier molecular flexibility index (Phi) is 4.49. The van der Waals surface area contributed by atoms with Crippen LogP contribution in [-0.4, -0.2) is 5.78 Å². The van der Waals surface area contributed by atoms with Crippen LogP contribution in [0.2, 0.25) is 0 Å². The molecule has 0 amide bonds. The SMILES string of the molecule is CC1Cc2c(cccc2P(P)PP)CC1=O. The molecule has 1 nitrogen and oxygen atoms in total. The van der Waals surface area contributed by atoms with Gasteiger partial charge in [0.25, 0.3) is 0 Å². The fourth-order valence-electron chi connectivity index (χ4n) is 2.10. The maximum absolute atomic E-state index is 11.7. The van der Waals surface area contributed by atoms with Gasteiger partial charge in [-0.25, -0.2) is 0 Å². The highest BCUT2D eigenvalue weighted by Gasteiger charge is 2.25. The van der Waals surface area contributed by atoms with Crippen molar-refractivity contribution in [3.63, 3.8) is 0 Å². The third-order valence-electron chi connectivity index (χ3n) is 3.07. The van der Waals surface area contributed by atoms with E-state index in [-0.39, 0.29) is 13.2 Å². The summed E-state index contributed by atoms with van der Waals surface area (Å²) >= 11 is 0. The van der Waals surface area contributed by atoms with E-state index in [0.29, 0.717) is 12.2 Å². The van der Waals surface area contributed by atoms with E-state index in [4.69, 9.17) is 0 Å². The highest BCUT2D eigenvalue weighted by molar-refractivity contribution is 8.63. The molecule has 1 aromatic carbocycles. The molecule has 5 heteroatoms. The fraction of sp³-hybridized carbons (Fsp3) is 0.364. The van der Waals surface area contributed by atoms with E-state index < -0.39 is 0 Å². The van der Waals surface area contributed by atoms with Crippen LogP contribution in [0.15, 0.2) is 18.2 Å². The minimum atomic E-state index is -0.125. The number of hydrogen-bond acceptors (Lipinski definition) is 1. The molecule has 0 aromatic heterocycles. The van der Waals surface area contributed by atoms with E-state index in [2.05, 4.69) is 43.0 Å². The lowest BCUT2D eigenvalue weighted by molar-refractivity contribution is -0.122. The highest BCUT2D eigenvalue weighted by atomic mass is 32.6. The number of hydrogen-bond donors (Lipinski definition) is 0. The van der Waals surface area contributed by atoms with Crippen LogP contribution in [0.25, 0.3) is 0 Å². The molecule has 0 heterocycles. The van der Waals surface area contributed by atoms with Crippen molar-refractivity contribution in [1.29, 1.82) is 0 Å². The van der Waals surface area contributed by atoms with Crippen LogP contribution in [0.3, 0.4) is 0 Å². The standard InChI is InChI=1S/C11H16OP4/c1-7-5-9-8(6-10(7)12)3-2-4-11(9)16(14)15-13/h2-4,7,15H,5-6,13-14H2,1H3. The Labute approximate surface area is 104 Å². The van der Waals surface area contributed by atoms with E-state index in [9.17, 15) is 4.79 Å². The first-order valence-electron chi connectivity index (χ1n) is 5.28. The van der Waals surface area contributed by atoms with Crippen molar-refractivity contribution < 1.29 is 4.79 Å². The van der Waals surface area contributed by atoms with Gasteiger partial charge in [0, 0.05) is 12.3 Å². The van der Waals surface area contributed by atoms with E-state index >= 15 is 0 Å². The minimum Gasteiger partial charge on any atom is -0.299 e. The van der Waals surface area contributed by atoms with Gasteiger partial charge in [-0.2, -0.15) is 0 Å². The first-order valence-corrected chi connectivity index (χ1v) is 11.9. The molecule has 0 spiro atoms. The molecule has 0 saturated carbocycles. The predicted octanol–water partition coefficient (Wildman–Crippen LogP) is 3.27. The summed E-state index contributed by atoms with van der Waals surface area (Å²) in [6.45, 7) is 2.05. The lowest BCUT2D eigenvalue weighted by atomic mass is 9.84. The van der Waals surface area contributed by atoms with Gasteiger partial charge in [-0.15, -0.1) is 17.9 Å². The van der Waals surface area contributed by atoms with Gasteiger partial charge in [-0.1, -0.05) is 33.1 Å². The van der Waals surface area contributed by atoms with Crippen molar-refractivity contribution >= 4 is 44.2 Å². The summed E-state index contributed by atoms with van der Waals surface area (Å²) in [5.74, 6) is 0.598.